The van der Waals surface area contributed by atoms with Gasteiger partial charge in [-0.05, 0) is 55.2 Å². The second kappa shape index (κ2) is 10.1. The molecule has 0 spiro atoms. The van der Waals surface area contributed by atoms with E-state index in [4.69, 9.17) is 0 Å². The van der Waals surface area contributed by atoms with Crippen LogP contribution in [-0.2, 0) is 17.5 Å². The summed E-state index contributed by atoms with van der Waals surface area (Å²) in [6, 6.07) is 12.6. The molecule has 0 unspecified atom stereocenters. The van der Waals surface area contributed by atoms with Crippen molar-refractivity contribution in [2.75, 3.05) is 25.5 Å². The number of nitrogens with one attached hydrogen (secondary N) is 1. The van der Waals surface area contributed by atoms with Crippen LogP contribution < -0.4 is 17.7 Å². The number of piperidine rings is 1. The highest BCUT2D eigenvalue weighted by Gasteiger charge is 2.30. The fourth-order valence-electron chi connectivity index (χ4n) is 3.74. The number of amides is 1. The lowest BCUT2D eigenvalue weighted by molar-refractivity contribution is -0.926. The van der Waals surface area contributed by atoms with Crippen molar-refractivity contribution in [3.63, 3.8) is 0 Å². The highest BCUT2D eigenvalue weighted by atomic mass is 35.5. The van der Waals surface area contributed by atoms with Gasteiger partial charge in [0.1, 0.15) is 6.54 Å². The lowest BCUT2D eigenvalue weighted by Gasteiger charge is -2.37. The molecular weight excluding hydrogens is 413 g/mol. The predicted octanol–water partition coefficient (Wildman–Crippen LogP) is 2.49. The Labute approximate surface area is 181 Å². The van der Waals surface area contributed by atoms with Gasteiger partial charge in [0.05, 0.1) is 25.7 Å². The first-order valence-electron chi connectivity index (χ1n) is 9.82. The number of benzene rings is 2. The Balaban J connectivity index is 0.00000320. The smallest absolute Gasteiger partial charge is 0.416 e. The van der Waals surface area contributed by atoms with Crippen LogP contribution in [0, 0.1) is 0 Å². The summed E-state index contributed by atoms with van der Waals surface area (Å²) in [4.78, 5) is 12.1. The largest absolute Gasteiger partial charge is 1.00 e. The van der Waals surface area contributed by atoms with Crippen LogP contribution in [0.5, 0.6) is 0 Å². The standard InChI is InChI=1S/C23H25F3N2O.ClH/c1-28(14-3-2-4-15-28)17-19-8-11-21(12-9-19)27-22(29)13-10-18-6-5-7-20(16-18)23(24,25)26;/h5-13,16H,2-4,14-15,17H2,1H3;1H/b13-10+;. The second-order valence-electron chi connectivity index (χ2n) is 7.93. The van der Waals surface area contributed by atoms with E-state index in [0.29, 0.717) is 11.3 Å². The van der Waals surface area contributed by atoms with Gasteiger partial charge in [-0.3, -0.25) is 4.79 Å². The maximum absolute atomic E-state index is 12.8. The molecule has 3 rings (SSSR count). The third-order valence-corrected chi connectivity index (χ3v) is 5.32. The van der Waals surface area contributed by atoms with Crippen molar-refractivity contribution < 1.29 is 34.9 Å². The van der Waals surface area contributed by atoms with Gasteiger partial charge in [0, 0.05) is 17.3 Å². The van der Waals surface area contributed by atoms with Gasteiger partial charge >= 0.3 is 6.18 Å². The first-order valence-corrected chi connectivity index (χ1v) is 9.82. The molecular formula is C23H26ClF3N2O. The molecule has 1 aliphatic rings. The number of nitrogens with zero attached hydrogens (tertiary/aromatic N) is 1. The minimum absolute atomic E-state index is 0. The molecule has 30 heavy (non-hydrogen) atoms. The van der Waals surface area contributed by atoms with Crippen molar-refractivity contribution >= 4 is 17.7 Å². The molecule has 162 valence electrons. The van der Waals surface area contributed by atoms with Gasteiger partial charge in [-0.2, -0.15) is 13.2 Å². The summed E-state index contributed by atoms with van der Waals surface area (Å²) < 4.78 is 39.3. The summed E-state index contributed by atoms with van der Waals surface area (Å²) in [5.41, 5.74) is 1.48. The van der Waals surface area contributed by atoms with E-state index in [1.54, 1.807) is 0 Å². The Hall–Kier alpha value is -2.31. The second-order valence-corrected chi connectivity index (χ2v) is 7.93. The average molecular weight is 439 g/mol. The first kappa shape index (κ1) is 24.0. The highest BCUT2D eigenvalue weighted by Crippen LogP contribution is 2.29. The van der Waals surface area contributed by atoms with Gasteiger partial charge in [0.25, 0.3) is 0 Å². The summed E-state index contributed by atoms with van der Waals surface area (Å²) >= 11 is 0. The minimum Gasteiger partial charge on any atom is -1.00 e. The summed E-state index contributed by atoms with van der Waals surface area (Å²) in [7, 11) is 2.29. The van der Waals surface area contributed by atoms with Gasteiger partial charge in [-0.25, -0.2) is 0 Å². The van der Waals surface area contributed by atoms with E-state index in [2.05, 4.69) is 12.4 Å². The molecule has 1 aliphatic heterocycles. The molecule has 1 N–H and O–H groups in total. The summed E-state index contributed by atoms with van der Waals surface area (Å²) in [5, 5.41) is 2.74. The van der Waals surface area contributed by atoms with Crippen LogP contribution in [0.15, 0.2) is 54.6 Å². The van der Waals surface area contributed by atoms with E-state index >= 15 is 0 Å². The number of likely N-dealkylation sites (tertiary alicyclic amines) is 1. The summed E-state index contributed by atoms with van der Waals surface area (Å²) in [6.07, 6.45) is 2.06. The molecule has 0 aliphatic carbocycles. The van der Waals surface area contributed by atoms with E-state index in [1.165, 1.54) is 62.2 Å². The number of carbonyl (C=O) groups excluding carboxylic acids is 1. The van der Waals surface area contributed by atoms with Crippen molar-refractivity contribution in [1.29, 1.82) is 0 Å². The molecule has 7 heteroatoms. The molecule has 0 radical (unpaired) electrons. The van der Waals surface area contributed by atoms with Crippen LogP contribution in [0.1, 0.15) is 36.0 Å². The monoisotopic (exact) mass is 438 g/mol. The Kier molecular flexibility index (Phi) is 8.10. The quantitative estimate of drug-likeness (QED) is 0.564. The number of hydrogen-bond acceptors (Lipinski definition) is 1. The number of carbonyl (C=O) groups is 1. The average Bonchev–Trinajstić information content (AvgIpc) is 2.68. The van der Waals surface area contributed by atoms with Gasteiger partial charge < -0.3 is 22.2 Å². The van der Waals surface area contributed by atoms with Crippen LogP contribution in [0.25, 0.3) is 6.08 Å². The Morgan fingerprint density at radius 2 is 1.73 bits per heavy atom. The maximum atomic E-state index is 12.8. The number of rotatable bonds is 5. The zero-order valence-electron chi connectivity index (χ0n) is 16.9. The number of halogens is 4. The topological polar surface area (TPSA) is 29.1 Å². The number of anilines is 1. The molecule has 0 saturated carbocycles. The summed E-state index contributed by atoms with van der Waals surface area (Å²) in [6.45, 7) is 3.36. The van der Waals surface area contributed by atoms with Crippen molar-refractivity contribution in [3.05, 3.63) is 71.3 Å². The van der Waals surface area contributed by atoms with Gasteiger partial charge in [0.2, 0.25) is 5.91 Å². The lowest BCUT2D eigenvalue weighted by Crippen LogP contribution is -3.00. The Morgan fingerprint density at radius 3 is 2.37 bits per heavy atom. The fraction of sp³-hybridized carbons (Fsp3) is 0.348. The molecule has 1 amide bonds. The van der Waals surface area contributed by atoms with E-state index in [1.807, 2.05) is 24.3 Å². The van der Waals surface area contributed by atoms with Crippen LogP contribution in [-0.4, -0.2) is 30.5 Å². The predicted molar refractivity (Wildman–Crippen MR) is 109 cm³/mol. The molecule has 1 saturated heterocycles. The molecule has 1 heterocycles. The third-order valence-electron chi connectivity index (χ3n) is 5.32. The highest BCUT2D eigenvalue weighted by molar-refractivity contribution is 6.01. The third kappa shape index (κ3) is 6.89. The zero-order valence-corrected chi connectivity index (χ0v) is 17.6. The van der Waals surface area contributed by atoms with Crippen molar-refractivity contribution in [2.45, 2.75) is 32.0 Å². The molecule has 2 aromatic rings. The normalized spacial score (nSPS) is 16.1. The molecule has 0 atom stereocenters. The Morgan fingerprint density at radius 1 is 1.07 bits per heavy atom. The van der Waals surface area contributed by atoms with Gasteiger partial charge in [0.15, 0.2) is 0 Å². The van der Waals surface area contributed by atoms with Crippen molar-refractivity contribution in [3.8, 4) is 0 Å². The van der Waals surface area contributed by atoms with E-state index in [-0.39, 0.29) is 18.3 Å². The molecule has 0 aromatic heterocycles. The zero-order chi connectivity index (χ0) is 20.9. The van der Waals surface area contributed by atoms with E-state index < -0.39 is 11.7 Å². The van der Waals surface area contributed by atoms with Gasteiger partial charge in [-0.1, -0.05) is 24.3 Å². The van der Waals surface area contributed by atoms with Crippen LogP contribution in [0.2, 0.25) is 0 Å². The number of hydrogen-bond donors (Lipinski definition) is 1. The molecule has 2 aromatic carbocycles. The minimum atomic E-state index is -4.40. The lowest BCUT2D eigenvalue weighted by atomic mass is 10.1. The molecule has 3 nitrogen and oxygen atoms in total. The Bertz CT molecular complexity index is 873. The van der Waals surface area contributed by atoms with Crippen molar-refractivity contribution in [1.82, 2.24) is 0 Å². The number of alkyl halides is 3. The van der Waals surface area contributed by atoms with Crippen LogP contribution in [0.3, 0.4) is 0 Å². The number of quaternary nitrogens is 1. The maximum Gasteiger partial charge on any atom is 0.416 e. The summed E-state index contributed by atoms with van der Waals surface area (Å²) in [5.74, 6) is -0.384. The van der Waals surface area contributed by atoms with E-state index in [9.17, 15) is 18.0 Å². The van der Waals surface area contributed by atoms with Crippen molar-refractivity contribution in [2.24, 2.45) is 0 Å². The van der Waals surface area contributed by atoms with E-state index in [0.717, 1.165) is 23.2 Å². The van der Waals surface area contributed by atoms with Crippen LogP contribution in [0.4, 0.5) is 18.9 Å². The fourth-order valence-corrected chi connectivity index (χ4v) is 3.74. The molecule has 0 bridgehead atoms. The van der Waals surface area contributed by atoms with Gasteiger partial charge in [-0.15, -0.1) is 0 Å². The van der Waals surface area contributed by atoms with Crippen LogP contribution >= 0.6 is 0 Å². The SMILES string of the molecule is C[N+]1(Cc2ccc(NC(=O)/C=C/c3cccc(C(F)(F)F)c3)cc2)CCCCC1.[Cl-]. The molecule has 1 fully saturated rings. The first-order chi connectivity index (χ1) is 13.7.